The first kappa shape index (κ1) is 21.8. The summed E-state index contributed by atoms with van der Waals surface area (Å²) in [7, 11) is 0. The normalized spacial score (nSPS) is 17.7. The molecule has 0 radical (unpaired) electrons. The van der Waals surface area contributed by atoms with Gasteiger partial charge in [-0.15, -0.1) is 0 Å². The highest BCUT2D eigenvalue weighted by Crippen LogP contribution is 2.30. The number of hydrogen-bond donors (Lipinski definition) is 1. The van der Waals surface area contributed by atoms with Crippen molar-refractivity contribution in [2.24, 2.45) is 0 Å². The average Bonchev–Trinajstić information content (AvgIpc) is 3.41. The molecule has 1 aliphatic heterocycles. The van der Waals surface area contributed by atoms with Crippen LogP contribution in [0.3, 0.4) is 0 Å². The van der Waals surface area contributed by atoms with Crippen LogP contribution in [0.5, 0.6) is 0 Å². The highest BCUT2D eigenvalue weighted by atomic mass is 16.1. The molecule has 3 heterocycles. The number of carbonyl (C=O) groups is 1. The fraction of sp³-hybridized carbons (Fsp3) is 0.357. The molecule has 1 aliphatic carbocycles. The maximum absolute atomic E-state index is 11.5. The Morgan fingerprint density at radius 1 is 0.886 bits per heavy atom. The van der Waals surface area contributed by atoms with Crippen LogP contribution in [-0.2, 0) is 4.79 Å². The molecule has 0 atom stereocenters. The van der Waals surface area contributed by atoms with Crippen LogP contribution >= 0.6 is 0 Å². The van der Waals surface area contributed by atoms with E-state index in [1.807, 2.05) is 36.7 Å². The molecule has 2 aromatic carbocycles. The molecule has 7 nitrogen and oxygen atoms in total. The van der Waals surface area contributed by atoms with Crippen molar-refractivity contribution in [1.82, 2.24) is 19.7 Å². The van der Waals surface area contributed by atoms with Crippen molar-refractivity contribution in [3.8, 4) is 11.3 Å². The van der Waals surface area contributed by atoms with Crippen molar-refractivity contribution in [2.75, 3.05) is 23.3 Å². The number of piperidine rings is 1. The lowest BCUT2D eigenvalue weighted by molar-refractivity contribution is -0.120. The van der Waals surface area contributed by atoms with E-state index in [1.54, 1.807) is 0 Å². The van der Waals surface area contributed by atoms with Gasteiger partial charge in [0.25, 0.3) is 0 Å². The Hall–Kier alpha value is -3.74. The number of carbonyl (C=O) groups excluding carboxylic acids is 1. The summed E-state index contributed by atoms with van der Waals surface area (Å²) >= 11 is 0. The third kappa shape index (κ3) is 4.76. The summed E-state index contributed by atoms with van der Waals surface area (Å²) < 4.78 is 2.10. The van der Waals surface area contributed by atoms with E-state index in [0.29, 0.717) is 30.7 Å². The third-order valence-corrected chi connectivity index (χ3v) is 7.31. The molecule has 2 aliphatic rings. The number of Topliss-reactive ketones (excluding diaryl/α,β-unsaturated/α-hetero) is 1. The minimum Gasteiger partial charge on any atom is -0.382 e. The average molecular weight is 467 g/mol. The van der Waals surface area contributed by atoms with E-state index >= 15 is 0 Å². The number of aromatic nitrogens is 4. The fourth-order valence-electron chi connectivity index (χ4n) is 5.27. The van der Waals surface area contributed by atoms with Crippen LogP contribution in [0.1, 0.15) is 44.6 Å². The molecule has 6 rings (SSSR count). The van der Waals surface area contributed by atoms with E-state index in [9.17, 15) is 4.79 Å². The first-order chi connectivity index (χ1) is 17.2. The number of nitrogens with one attached hydrogen (secondary N) is 1. The summed E-state index contributed by atoms with van der Waals surface area (Å²) in [5, 5.41) is 8.32. The van der Waals surface area contributed by atoms with Gasteiger partial charge in [-0.3, -0.25) is 14.5 Å². The van der Waals surface area contributed by atoms with Crippen molar-refractivity contribution in [3.63, 3.8) is 0 Å². The van der Waals surface area contributed by atoms with E-state index in [4.69, 9.17) is 4.98 Å². The van der Waals surface area contributed by atoms with E-state index in [1.165, 1.54) is 5.69 Å². The first-order valence-corrected chi connectivity index (χ1v) is 12.6. The molecular formula is C28H30N6O. The van der Waals surface area contributed by atoms with Gasteiger partial charge < -0.3 is 10.2 Å². The van der Waals surface area contributed by atoms with E-state index in [2.05, 4.69) is 55.4 Å². The van der Waals surface area contributed by atoms with E-state index in [0.717, 1.165) is 66.8 Å². The summed E-state index contributed by atoms with van der Waals surface area (Å²) in [5.74, 6) is 0.397. The Labute approximate surface area is 205 Å². The van der Waals surface area contributed by atoms with Crippen molar-refractivity contribution in [1.29, 1.82) is 0 Å². The molecule has 0 unspecified atom stereocenters. The number of anilines is 2. The Morgan fingerprint density at radius 3 is 2.51 bits per heavy atom. The number of para-hydroxylation sites is 2. The zero-order valence-electron chi connectivity index (χ0n) is 19.8. The van der Waals surface area contributed by atoms with Gasteiger partial charge in [0.05, 0.1) is 35.2 Å². The summed E-state index contributed by atoms with van der Waals surface area (Å²) in [6, 6.07) is 17.4. The van der Waals surface area contributed by atoms with Gasteiger partial charge in [0.2, 0.25) is 0 Å². The molecule has 0 spiro atoms. The van der Waals surface area contributed by atoms with Gasteiger partial charge in [0.1, 0.15) is 5.78 Å². The van der Waals surface area contributed by atoms with Crippen molar-refractivity contribution in [2.45, 2.75) is 50.6 Å². The molecule has 4 aromatic rings. The lowest BCUT2D eigenvalue weighted by atomic mass is 9.94. The first-order valence-electron chi connectivity index (χ1n) is 12.6. The monoisotopic (exact) mass is 466 g/mol. The molecule has 0 amide bonds. The minimum atomic E-state index is 0.384. The second kappa shape index (κ2) is 9.49. The largest absolute Gasteiger partial charge is 0.382 e. The topological polar surface area (TPSA) is 75.9 Å². The number of benzene rings is 2. The number of fused-ring (bicyclic) bond motifs is 1. The SMILES string of the molecule is O=C1CCC(Nc2cccc(N3CCC(n4cc(-c5cnc6ccccc6n5)cn4)CC3)c2)CC1. The molecule has 1 saturated heterocycles. The van der Waals surface area contributed by atoms with Crippen LogP contribution in [-0.4, -0.2) is 44.7 Å². The van der Waals surface area contributed by atoms with Gasteiger partial charge in [-0.05, 0) is 56.0 Å². The maximum Gasteiger partial charge on any atom is 0.133 e. The predicted molar refractivity (Wildman–Crippen MR) is 139 cm³/mol. The van der Waals surface area contributed by atoms with Crippen molar-refractivity contribution >= 4 is 28.2 Å². The van der Waals surface area contributed by atoms with Gasteiger partial charge in [-0.2, -0.15) is 5.10 Å². The highest BCUT2D eigenvalue weighted by Gasteiger charge is 2.23. The van der Waals surface area contributed by atoms with Gasteiger partial charge in [0, 0.05) is 55.1 Å². The molecule has 178 valence electrons. The molecule has 0 bridgehead atoms. The molecule has 1 saturated carbocycles. The quantitative estimate of drug-likeness (QED) is 0.432. The molecule has 35 heavy (non-hydrogen) atoms. The summed E-state index contributed by atoms with van der Waals surface area (Å²) in [6.45, 7) is 1.99. The summed E-state index contributed by atoms with van der Waals surface area (Å²) in [6.07, 6.45) is 11.2. The number of nitrogens with zero attached hydrogens (tertiary/aromatic N) is 5. The van der Waals surface area contributed by atoms with Gasteiger partial charge in [0.15, 0.2) is 0 Å². The van der Waals surface area contributed by atoms with Gasteiger partial charge in [-0.1, -0.05) is 18.2 Å². The van der Waals surface area contributed by atoms with Crippen molar-refractivity contribution < 1.29 is 4.79 Å². The third-order valence-electron chi connectivity index (χ3n) is 7.31. The lowest BCUT2D eigenvalue weighted by Gasteiger charge is -2.34. The van der Waals surface area contributed by atoms with Crippen LogP contribution in [0.2, 0.25) is 0 Å². The second-order valence-electron chi connectivity index (χ2n) is 9.68. The fourth-order valence-corrected chi connectivity index (χ4v) is 5.27. The van der Waals surface area contributed by atoms with Crippen molar-refractivity contribution in [3.05, 3.63) is 67.1 Å². The Bertz CT molecular complexity index is 1330. The van der Waals surface area contributed by atoms with Gasteiger partial charge in [-0.25, -0.2) is 4.98 Å². The Balaban J connectivity index is 1.09. The molecular weight excluding hydrogens is 436 g/mol. The van der Waals surface area contributed by atoms with Crippen LogP contribution in [0, 0.1) is 0 Å². The molecule has 7 heteroatoms. The number of hydrogen-bond acceptors (Lipinski definition) is 6. The van der Waals surface area contributed by atoms with Gasteiger partial charge >= 0.3 is 0 Å². The number of rotatable bonds is 5. The zero-order valence-corrected chi connectivity index (χ0v) is 19.8. The summed E-state index contributed by atoms with van der Waals surface area (Å²) in [5.41, 5.74) is 6.09. The van der Waals surface area contributed by atoms with Crippen LogP contribution < -0.4 is 10.2 Å². The second-order valence-corrected chi connectivity index (χ2v) is 9.68. The predicted octanol–water partition coefficient (Wildman–Crippen LogP) is 5.26. The highest BCUT2D eigenvalue weighted by molar-refractivity contribution is 5.79. The van der Waals surface area contributed by atoms with Crippen LogP contribution in [0.4, 0.5) is 11.4 Å². The smallest absolute Gasteiger partial charge is 0.133 e. The summed E-state index contributed by atoms with van der Waals surface area (Å²) in [4.78, 5) is 23.3. The van der Waals surface area contributed by atoms with Crippen LogP contribution in [0.15, 0.2) is 67.1 Å². The number of ketones is 1. The minimum absolute atomic E-state index is 0.384. The van der Waals surface area contributed by atoms with Crippen LogP contribution in [0.25, 0.3) is 22.3 Å². The standard InChI is InChI=1S/C28H30N6O/c35-25-10-8-21(9-11-25)31-22-4-3-5-24(16-22)33-14-12-23(13-15-33)34-19-20(17-30-34)28-18-29-26-6-1-2-7-27(26)32-28/h1-7,16-19,21,23,31H,8-15H2. The lowest BCUT2D eigenvalue weighted by Crippen LogP contribution is -2.34. The molecule has 2 fully saturated rings. The Kier molecular flexibility index (Phi) is 5.90. The van der Waals surface area contributed by atoms with E-state index in [-0.39, 0.29) is 0 Å². The molecule has 2 aromatic heterocycles. The maximum atomic E-state index is 11.5. The Morgan fingerprint density at radius 2 is 1.69 bits per heavy atom. The molecule has 1 N–H and O–H groups in total. The zero-order chi connectivity index (χ0) is 23.6. The van der Waals surface area contributed by atoms with E-state index < -0.39 is 0 Å².